The number of halogens is 1. The minimum absolute atomic E-state index is 0.0253. The van der Waals surface area contributed by atoms with Crippen LogP contribution in [-0.2, 0) is 20.4 Å². The lowest BCUT2D eigenvalue weighted by Gasteiger charge is -2.29. The van der Waals surface area contributed by atoms with Crippen molar-refractivity contribution in [3.05, 3.63) is 69.9 Å². The second kappa shape index (κ2) is 10.6. The highest BCUT2D eigenvalue weighted by Gasteiger charge is 2.42. The largest absolute Gasteiger partial charge is 0.423 e. The number of nitrogens with one attached hydrogen (secondary N) is 1. The average Bonchev–Trinajstić information content (AvgIpc) is 3.06. The maximum absolute atomic E-state index is 13.0. The van der Waals surface area contributed by atoms with Crippen molar-refractivity contribution in [2.45, 2.75) is 90.5 Å². The fraction of sp³-hybridized carbons (Fsp3) is 0.452. The number of esters is 1. The van der Waals surface area contributed by atoms with Gasteiger partial charge < -0.3 is 10.1 Å². The van der Waals surface area contributed by atoms with Crippen molar-refractivity contribution in [1.82, 2.24) is 4.90 Å². The molecule has 0 aromatic heterocycles. The standard InChI is InChI=1S/C31H37ClN2O4/c1-30(2,3)20-14-17-24(23(18-20)31(4,5)6)38-29(37)19-12-15-21(16-13-19)33-26-25(32)27(35)34(28(26)36)22-10-8-7-9-11-22/h12-18,22,33H,7-11H2,1-6H3. The lowest BCUT2D eigenvalue weighted by Crippen LogP contribution is -2.42. The smallest absolute Gasteiger partial charge is 0.343 e. The molecule has 1 heterocycles. The van der Waals surface area contributed by atoms with Crippen LogP contribution in [0, 0.1) is 0 Å². The zero-order valence-corrected chi connectivity index (χ0v) is 23.9. The zero-order valence-electron chi connectivity index (χ0n) is 23.1. The molecule has 38 heavy (non-hydrogen) atoms. The molecule has 1 N–H and O–H groups in total. The lowest BCUT2D eigenvalue weighted by molar-refractivity contribution is -0.140. The van der Waals surface area contributed by atoms with Crippen LogP contribution in [0.1, 0.15) is 95.1 Å². The average molecular weight is 537 g/mol. The van der Waals surface area contributed by atoms with E-state index in [2.05, 4.69) is 52.9 Å². The van der Waals surface area contributed by atoms with Crippen molar-refractivity contribution in [1.29, 1.82) is 0 Å². The van der Waals surface area contributed by atoms with E-state index >= 15 is 0 Å². The van der Waals surface area contributed by atoms with E-state index in [9.17, 15) is 14.4 Å². The molecule has 0 atom stereocenters. The molecule has 6 nitrogen and oxygen atoms in total. The number of carbonyl (C=O) groups excluding carboxylic acids is 3. The monoisotopic (exact) mass is 536 g/mol. The Bertz CT molecular complexity index is 1280. The second-order valence-electron chi connectivity index (χ2n) is 12.3. The van der Waals surface area contributed by atoms with Gasteiger partial charge in [0.05, 0.1) is 5.56 Å². The van der Waals surface area contributed by atoms with Crippen molar-refractivity contribution < 1.29 is 19.1 Å². The van der Waals surface area contributed by atoms with E-state index in [1.165, 1.54) is 10.5 Å². The molecule has 0 saturated heterocycles. The molecule has 2 aromatic carbocycles. The molecule has 1 aliphatic carbocycles. The zero-order chi connectivity index (χ0) is 27.8. The number of ether oxygens (including phenoxy) is 1. The van der Waals surface area contributed by atoms with Gasteiger partial charge in [-0.15, -0.1) is 0 Å². The Morgan fingerprint density at radius 2 is 1.53 bits per heavy atom. The van der Waals surface area contributed by atoms with Crippen LogP contribution in [0.15, 0.2) is 53.2 Å². The Morgan fingerprint density at radius 1 is 0.895 bits per heavy atom. The van der Waals surface area contributed by atoms with Gasteiger partial charge in [-0.3, -0.25) is 14.5 Å². The van der Waals surface area contributed by atoms with Gasteiger partial charge in [-0.1, -0.05) is 84.5 Å². The molecule has 4 rings (SSSR count). The number of anilines is 1. The number of carbonyl (C=O) groups is 3. The van der Waals surface area contributed by atoms with Crippen molar-refractivity contribution in [2.24, 2.45) is 0 Å². The Hall–Kier alpha value is -3.12. The minimum atomic E-state index is -0.474. The van der Waals surface area contributed by atoms with Gasteiger partial charge in [-0.05, 0) is 59.6 Å². The SMILES string of the molecule is CC(C)(C)c1ccc(OC(=O)c2ccc(NC3=C(Cl)C(=O)N(C4CCCCC4)C3=O)cc2)c(C(C)(C)C)c1. The van der Waals surface area contributed by atoms with E-state index in [4.69, 9.17) is 16.3 Å². The molecular formula is C31H37ClN2O4. The topological polar surface area (TPSA) is 75.7 Å². The molecule has 202 valence electrons. The molecule has 0 unspecified atom stereocenters. The molecule has 1 saturated carbocycles. The number of hydrogen-bond acceptors (Lipinski definition) is 5. The van der Waals surface area contributed by atoms with Crippen LogP contribution < -0.4 is 10.1 Å². The Morgan fingerprint density at radius 3 is 2.11 bits per heavy atom. The summed E-state index contributed by atoms with van der Waals surface area (Å²) < 4.78 is 5.83. The first-order valence-electron chi connectivity index (χ1n) is 13.3. The van der Waals surface area contributed by atoms with E-state index in [1.807, 2.05) is 12.1 Å². The Labute approximate surface area is 230 Å². The van der Waals surface area contributed by atoms with Crippen molar-refractivity contribution >= 4 is 35.1 Å². The van der Waals surface area contributed by atoms with Crippen LogP contribution in [0.5, 0.6) is 5.75 Å². The first kappa shape index (κ1) is 27.9. The molecule has 0 bridgehead atoms. The van der Waals surface area contributed by atoms with Gasteiger partial charge in [0.2, 0.25) is 0 Å². The predicted octanol–water partition coefficient (Wildman–Crippen LogP) is 7.06. The van der Waals surface area contributed by atoms with Gasteiger partial charge in [0, 0.05) is 17.3 Å². The lowest BCUT2D eigenvalue weighted by atomic mass is 9.80. The minimum Gasteiger partial charge on any atom is -0.423 e. The summed E-state index contributed by atoms with van der Waals surface area (Å²) in [5.74, 6) is -0.784. The Balaban J connectivity index is 1.48. The quantitative estimate of drug-likeness (QED) is 0.251. The molecule has 2 aromatic rings. The summed E-state index contributed by atoms with van der Waals surface area (Å²) in [4.78, 5) is 40.1. The third-order valence-corrected chi connectivity index (χ3v) is 7.60. The van der Waals surface area contributed by atoms with Crippen molar-refractivity contribution in [2.75, 3.05) is 5.32 Å². The molecule has 1 fully saturated rings. The number of rotatable bonds is 5. The maximum Gasteiger partial charge on any atom is 0.343 e. The Kier molecular flexibility index (Phi) is 7.76. The molecule has 7 heteroatoms. The van der Waals surface area contributed by atoms with Crippen molar-refractivity contribution in [3.63, 3.8) is 0 Å². The van der Waals surface area contributed by atoms with Crippen LogP contribution >= 0.6 is 11.6 Å². The normalized spacial score (nSPS) is 17.3. The first-order valence-corrected chi connectivity index (χ1v) is 13.7. The number of imide groups is 1. The third kappa shape index (κ3) is 5.80. The van der Waals surface area contributed by atoms with E-state index in [0.717, 1.165) is 37.7 Å². The number of hydrogen-bond donors (Lipinski definition) is 1. The molecule has 2 aliphatic rings. The summed E-state index contributed by atoms with van der Waals surface area (Å²) in [6, 6.07) is 12.5. The number of amides is 2. The molecule has 1 aliphatic heterocycles. The molecule has 2 amide bonds. The summed E-state index contributed by atoms with van der Waals surface area (Å²) in [7, 11) is 0. The molecular weight excluding hydrogens is 500 g/mol. The summed E-state index contributed by atoms with van der Waals surface area (Å²) in [5.41, 5.74) is 2.89. The summed E-state index contributed by atoms with van der Waals surface area (Å²) >= 11 is 6.28. The summed E-state index contributed by atoms with van der Waals surface area (Å²) in [6.07, 6.45) is 4.73. The summed E-state index contributed by atoms with van der Waals surface area (Å²) in [6.45, 7) is 12.7. The van der Waals surface area contributed by atoms with E-state index in [1.54, 1.807) is 24.3 Å². The van der Waals surface area contributed by atoms with Crippen LogP contribution in [0.2, 0.25) is 0 Å². The van der Waals surface area contributed by atoms with Crippen LogP contribution in [0.4, 0.5) is 5.69 Å². The summed E-state index contributed by atoms with van der Waals surface area (Å²) in [5, 5.41) is 2.89. The van der Waals surface area contributed by atoms with E-state index in [-0.39, 0.29) is 27.6 Å². The van der Waals surface area contributed by atoms with Gasteiger partial charge >= 0.3 is 5.97 Å². The highest BCUT2D eigenvalue weighted by Crippen LogP contribution is 2.36. The number of benzene rings is 2. The van der Waals surface area contributed by atoms with Gasteiger partial charge in [-0.25, -0.2) is 4.79 Å². The third-order valence-electron chi connectivity index (χ3n) is 7.24. The fourth-order valence-electron chi connectivity index (χ4n) is 4.96. The van der Waals surface area contributed by atoms with Gasteiger partial charge in [-0.2, -0.15) is 0 Å². The van der Waals surface area contributed by atoms with E-state index in [0.29, 0.717) is 17.0 Å². The van der Waals surface area contributed by atoms with Crippen LogP contribution in [-0.4, -0.2) is 28.7 Å². The van der Waals surface area contributed by atoms with Gasteiger partial charge in [0.15, 0.2) is 0 Å². The van der Waals surface area contributed by atoms with E-state index < -0.39 is 17.8 Å². The number of nitrogens with zero attached hydrogens (tertiary/aromatic N) is 1. The van der Waals surface area contributed by atoms with Crippen LogP contribution in [0.3, 0.4) is 0 Å². The molecule has 0 radical (unpaired) electrons. The van der Waals surface area contributed by atoms with Crippen LogP contribution in [0.25, 0.3) is 0 Å². The van der Waals surface area contributed by atoms with Gasteiger partial charge in [0.1, 0.15) is 16.5 Å². The predicted molar refractivity (Wildman–Crippen MR) is 150 cm³/mol. The highest BCUT2D eigenvalue weighted by atomic mass is 35.5. The maximum atomic E-state index is 13.0. The first-order chi connectivity index (χ1) is 17.8. The molecule has 0 spiro atoms. The van der Waals surface area contributed by atoms with Crippen molar-refractivity contribution in [3.8, 4) is 5.75 Å². The fourth-order valence-corrected chi connectivity index (χ4v) is 5.18. The van der Waals surface area contributed by atoms with Gasteiger partial charge in [0.25, 0.3) is 11.8 Å². The second-order valence-corrected chi connectivity index (χ2v) is 12.6. The highest BCUT2D eigenvalue weighted by molar-refractivity contribution is 6.48.